The van der Waals surface area contributed by atoms with Gasteiger partial charge in [0.1, 0.15) is 25.6 Å². The second-order valence-electron chi connectivity index (χ2n) is 9.46. The van der Waals surface area contributed by atoms with Crippen LogP contribution in [0.3, 0.4) is 0 Å². The molecule has 0 radical (unpaired) electrons. The van der Waals surface area contributed by atoms with Gasteiger partial charge in [-0.25, -0.2) is 14.5 Å². The highest BCUT2D eigenvalue weighted by Gasteiger charge is 2.25. The average Bonchev–Trinajstić information content (AvgIpc) is 2.93. The van der Waals surface area contributed by atoms with Gasteiger partial charge in [0, 0.05) is 6.04 Å². The molecule has 1 aromatic carbocycles. The van der Waals surface area contributed by atoms with Gasteiger partial charge in [-0.3, -0.25) is 25.6 Å². The van der Waals surface area contributed by atoms with Crippen LogP contribution >= 0.6 is 0 Å². The lowest BCUT2D eigenvalue weighted by atomic mass is 10.2. The Morgan fingerprint density at radius 1 is 0.767 bits per heavy atom. The normalized spacial score (nSPS) is 12.4. The third-order valence-corrected chi connectivity index (χ3v) is 5.26. The van der Waals surface area contributed by atoms with Crippen molar-refractivity contribution in [2.45, 2.75) is 52.6 Å². The molecule has 0 saturated carbocycles. The zero-order valence-electron chi connectivity index (χ0n) is 25.0. The number of carbonyl (C=O) groups is 2. The van der Waals surface area contributed by atoms with Crippen molar-refractivity contribution >= 4 is 11.9 Å². The number of nitrogens with zero attached hydrogens (tertiary/aromatic N) is 3. The number of esters is 1. The first-order valence-electron chi connectivity index (χ1n) is 13.6. The molecule has 1 atom stereocenters. The maximum atomic E-state index is 12.8. The van der Waals surface area contributed by atoms with Gasteiger partial charge in [-0.15, -0.1) is 0 Å². The molecule has 0 bridgehead atoms. The van der Waals surface area contributed by atoms with Crippen LogP contribution in [0, 0.1) is 0 Å². The van der Waals surface area contributed by atoms with Gasteiger partial charge in [0.15, 0.2) is 6.10 Å². The summed E-state index contributed by atoms with van der Waals surface area (Å²) in [6.07, 6.45) is -0.755. The largest absolute Gasteiger partial charge is 0.490 e. The standard InChI is InChI=1S/C26H45N3O14/c1-20(2)27(25(30)18-37-10-13-41-28(32)33)15-24(43-26(31)19-38-11-14-42-29(34)35)17-40-23-7-5-22(6-8-23)16-36-9-12-39-21(3)4/h5-8,20-21,24,32-35H,9-19H2,1-4H3. The first-order chi connectivity index (χ1) is 20.5. The molecular formula is C26H45N3O14. The molecule has 0 aliphatic heterocycles. The maximum absolute atomic E-state index is 12.8. The second-order valence-corrected chi connectivity index (χ2v) is 9.46. The highest BCUT2D eigenvalue weighted by atomic mass is 17.1. The third-order valence-electron chi connectivity index (χ3n) is 5.26. The smallest absolute Gasteiger partial charge is 0.332 e. The van der Waals surface area contributed by atoms with E-state index in [-0.39, 0.29) is 58.3 Å². The molecule has 0 fully saturated rings. The van der Waals surface area contributed by atoms with E-state index in [9.17, 15) is 9.59 Å². The topological polar surface area (TPSA) is 199 Å². The fraction of sp³-hybridized carbons (Fsp3) is 0.692. The molecule has 17 nitrogen and oxygen atoms in total. The molecule has 0 saturated heterocycles. The van der Waals surface area contributed by atoms with Crippen molar-refractivity contribution in [3.8, 4) is 5.75 Å². The second kappa shape index (κ2) is 22.9. The zero-order valence-corrected chi connectivity index (χ0v) is 25.0. The quantitative estimate of drug-likeness (QED) is 0.0688. The Morgan fingerprint density at radius 2 is 1.35 bits per heavy atom. The number of benzene rings is 1. The lowest BCUT2D eigenvalue weighted by Crippen LogP contribution is -2.47. The van der Waals surface area contributed by atoms with Crippen LogP contribution in [0.2, 0.25) is 0 Å². The lowest BCUT2D eigenvalue weighted by Gasteiger charge is -2.30. The molecular weight excluding hydrogens is 578 g/mol. The van der Waals surface area contributed by atoms with E-state index in [1.165, 1.54) is 4.90 Å². The number of ether oxygens (including phenoxy) is 6. The van der Waals surface area contributed by atoms with Crippen LogP contribution in [-0.2, 0) is 49.6 Å². The van der Waals surface area contributed by atoms with Crippen LogP contribution < -0.4 is 4.74 Å². The number of amides is 1. The van der Waals surface area contributed by atoms with E-state index in [2.05, 4.69) is 9.68 Å². The number of hydrogen-bond donors (Lipinski definition) is 4. The van der Waals surface area contributed by atoms with E-state index in [1.807, 2.05) is 26.0 Å². The fourth-order valence-electron chi connectivity index (χ4n) is 3.32. The number of carbonyl (C=O) groups excluding carboxylic acids is 2. The molecule has 17 heteroatoms. The summed E-state index contributed by atoms with van der Waals surface area (Å²) in [4.78, 5) is 35.5. The summed E-state index contributed by atoms with van der Waals surface area (Å²) in [6, 6.07) is 6.88. The van der Waals surface area contributed by atoms with Crippen LogP contribution in [-0.4, -0.2) is 133 Å². The lowest BCUT2D eigenvalue weighted by molar-refractivity contribution is -0.493. The highest BCUT2D eigenvalue weighted by Crippen LogP contribution is 2.15. The van der Waals surface area contributed by atoms with Gasteiger partial charge in [0.25, 0.3) is 0 Å². The molecule has 0 spiro atoms. The highest BCUT2D eigenvalue weighted by molar-refractivity contribution is 5.78. The summed E-state index contributed by atoms with van der Waals surface area (Å²) in [5.41, 5.74) is 0.930. The van der Waals surface area contributed by atoms with E-state index in [4.69, 9.17) is 49.3 Å². The van der Waals surface area contributed by atoms with Crippen molar-refractivity contribution in [3.63, 3.8) is 0 Å². The van der Waals surface area contributed by atoms with Crippen molar-refractivity contribution < 1.29 is 68.5 Å². The predicted molar refractivity (Wildman–Crippen MR) is 144 cm³/mol. The minimum absolute atomic E-state index is 0.0272. The van der Waals surface area contributed by atoms with Crippen LogP contribution in [0.25, 0.3) is 0 Å². The van der Waals surface area contributed by atoms with Crippen molar-refractivity contribution in [1.82, 2.24) is 15.7 Å². The molecule has 4 N–H and O–H groups in total. The average molecular weight is 624 g/mol. The first-order valence-corrected chi connectivity index (χ1v) is 13.6. The predicted octanol–water partition coefficient (Wildman–Crippen LogP) is 1.21. The van der Waals surface area contributed by atoms with E-state index < -0.39 is 35.4 Å². The number of rotatable bonds is 25. The summed E-state index contributed by atoms with van der Waals surface area (Å²) >= 11 is 0. The molecule has 0 aromatic heterocycles. The van der Waals surface area contributed by atoms with Gasteiger partial charge >= 0.3 is 5.97 Å². The van der Waals surface area contributed by atoms with E-state index in [0.717, 1.165) is 5.56 Å². The first kappa shape index (κ1) is 38.5. The zero-order chi connectivity index (χ0) is 32.0. The molecule has 1 aromatic rings. The molecule has 0 heterocycles. The monoisotopic (exact) mass is 623 g/mol. The molecule has 0 aliphatic carbocycles. The minimum Gasteiger partial charge on any atom is -0.490 e. The molecule has 43 heavy (non-hydrogen) atoms. The molecule has 0 aliphatic rings. The van der Waals surface area contributed by atoms with Crippen molar-refractivity contribution in [2.75, 3.05) is 66.0 Å². The van der Waals surface area contributed by atoms with Gasteiger partial charge in [-0.05, 0) is 45.4 Å². The van der Waals surface area contributed by atoms with Crippen LogP contribution in [0.1, 0.15) is 33.3 Å². The number of hydrogen-bond acceptors (Lipinski definition) is 16. The summed E-state index contributed by atoms with van der Waals surface area (Å²) < 4.78 is 32.8. The molecule has 1 amide bonds. The van der Waals surface area contributed by atoms with E-state index >= 15 is 0 Å². The van der Waals surface area contributed by atoms with Gasteiger partial charge in [-0.1, -0.05) is 12.1 Å². The van der Waals surface area contributed by atoms with E-state index in [0.29, 0.717) is 25.6 Å². The van der Waals surface area contributed by atoms with Gasteiger partial charge in [0.05, 0.1) is 69.7 Å². The Labute approximate surface area is 250 Å². The van der Waals surface area contributed by atoms with Crippen molar-refractivity contribution in [3.05, 3.63) is 29.8 Å². The summed E-state index contributed by atoms with van der Waals surface area (Å²) in [5.74, 6) is -0.643. The van der Waals surface area contributed by atoms with Gasteiger partial charge < -0.3 is 33.3 Å². The van der Waals surface area contributed by atoms with Crippen LogP contribution in [0.4, 0.5) is 0 Å². The fourth-order valence-corrected chi connectivity index (χ4v) is 3.32. The SMILES string of the molecule is CC(C)OCCOCc1ccc(OCC(CN(C(=O)COCCON(O)O)C(C)C)OC(=O)COCCON(O)O)cc1. The molecule has 1 unspecified atom stereocenters. The van der Waals surface area contributed by atoms with Crippen LogP contribution in [0.5, 0.6) is 5.75 Å². The Hall–Kier alpha value is -2.52. The third kappa shape index (κ3) is 20.1. The Bertz CT molecular complexity index is 873. The summed E-state index contributed by atoms with van der Waals surface area (Å²) in [7, 11) is 0. The van der Waals surface area contributed by atoms with Gasteiger partial charge in [-0.2, -0.15) is 0 Å². The van der Waals surface area contributed by atoms with E-state index in [1.54, 1.807) is 26.0 Å². The molecule has 1 rings (SSSR count). The summed E-state index contributed by atoms with van der Waals surface area (Å²) in [5, 5.41) is 33.2. The van der Waals surface area contributed by atoms with Crippen LogP contribution in [0.15, 0.2) is 24.3 Å². The maximum Gasteiger partial charge on any atom is 0.332 e. The Morgan fingerprint density at radius 3 is 1.91 bits per heavy atom. The minimum atomic E-state index is -0.895. The van der Waals surface area contributed by atoms with Gasteiger partial charge in [0.2, 0.25) is 5.91 Å². The molecule has 248 valence electrons. The Kier molecular flexibility index (Phi) is 20.5. The van der Waals surface area contributed by atoms with Crippen molar-refractivity contribution in [2.24, 2.45) is 0 Å². The van der Waals surface area contributed by atoms with Crippen molar-refractivity contribution in [1.29, 1.82) is 0 Å². The Balaban J connectivity index is 2.73. The summed E-state index contributed by atoms with van der Waals surface area (Å²) in [6.45, 7) is 7.29.